The number of thioether (sulfide) groups is 1. The van der Waals surface area contributed by atoms with Gasteiger partial charge in [0.2, 0.25) is 11.1 Å². The Morgan fingerprint density at radius 2 is 1.89 bits per heavy atom. The van der Waals surface area contributed by atoms with Gasteiger partial charge in [-0.15, -0.1) is 0 Å². The van der Waals surface area contributed by atoms with Crippen LogP contribution in [0.1, 0.15) is 37.6 Å². The molecule has 0 saturated carbocycles. The topological polar surface area (TPSA) is 79.2 Å². The van der Waals surface area contributed by atoms with E-state index in [1.807, 2.05) is 54.6 Å². The summed E-state index contributed by atoms with van der Waals surface area (Å²) >= 11 is 7.94. The van der Waals surface area contributed by atoms with Gasteiger partial charge in [0.05, 0.1) is 16.8 Å². The largest absolute Gasteiger partial charge is 0.488 e. The lowest BCUT2D eigenvalue weighted by Gasteiger charge is -2.32. The number of hydrogen-bond acceptors (Lipinski definition) is 5. The summed E-state index contributed by atoms with van der Waals surface area (Å²) in [6.07, 6.45) is 0.142. The fraction of sp³-hybridized carbons (Fsp3) is 0.214. The molecule has 0 spiro atoms. The van der Waals surface area contributed by atoms with Crippen LogP contribution in [0.2, 0.25) is 5.02 Å². The molecule has 0 bridgehead atoms. The Bertz CT molecular complexity index is 1510. The number of anilines is 1. The molecule has 5 rings (SSSR count). The zero-order chi connectivity index (χ0) is 25.9. The van der Waals surface area contributed by atoms with Crippen molar-refractivity contribution in [2.75, 3.05) is 10.7 Å². The second-order valence-corrected chi connectivity index (χ2v) is 10.2. The summed E-state index contributed by atoms with van der Waals surface area (Å²) in [6.45, 7) is 3.90. The third kappa shape index (κ3) is 4.99. The lowest BCUT2D eigenvalue weighted by Crippen LogP contribution is -2.60. The van der Waals surface area contributed by atoms with Crippen LogP contribution in [-0.2, 0) is 11.4 Å². The third-order valence-electron chi connectivity index (χ3n) is 6.03. The average Bonchev–Trinajstić information content (AvgIpc) is 2.90. The van der Waals surface area contributed by atoms with E-state index in [1.54, 1.807) is 27.8 Å². The van der Waals surface area contributed by atoms with Gasteiger partial charge in [-0.3, -0.25) is 14.6 Å². The molecule has 0 unspecified atom stereocenters. The van der Waals surface area contributed by atoms with Gasteiger partial charge in [0.15, 0.2) is 0 Å². The smallest absolute Gasteiger partial charge is 0.325 e. The summed E-state index contributed by atoms with van der Waals surface area (Å²) in [5.41, 5.74) is 2.97. The van der Waals surface area contributed by atoms with Gasteiger partial charge in [-0.1, -0.05) is 72.8 Å². The summed E-state index contributed by atoms with van der Waals surface area (Å²) in [4.78, 5) is 31.2. The summed E-state index contributed by atoms with van der Waals surface area (Å²) in [5, 5.41) is 5.79. The van der Waals surface area contributed by atoms with Crippen LogP contribution in [-0.4, -0.2) is 21.7 Å². The molecular formula is C28H26ClN4O3S+. The highest BCUT2D eigenvalue weighted by molar-refractivity contribution is 7.99. The normalized spacial score (nSPS) is 14.1. The number of rotatable bonds is 7. The van der Waals surface area contributed by atoms with Crippen molar-refractivity contribution in [1.82, 2.24) is 10.1 Å². The number of aromatic nitrogens is 3. The maximum absolute atomic E-state index is 13.4. The number of ether oxygens (including phenoxy) is 1. The molecule has 0 fully saturated rings. The minimum atomic E-state index is -0.782. The van der Waals surface area contributed by atoms with Crippen LogP contribution < -0.4 is 19.9 Å². The molecule has 2 heterocycles. The van der Waals surface area contributed by atoms with Crippen molar-refractivity contribution >= 4 is 35.0 Å². The van der Waals surface area contributed by atoms with Crippen molar-refractivity contribution in [3.05, 3.63) is 99.3 Å². The number of benzene rings is 3. The number of para-hydroxylation sites is 1. The van der Waals surface area contributed by atoms with E-state index >= 15 is 0 Å². The molecule has 188 valence electrons. The average molecular weight is 534 g/mol. The number of hydrogen-bond donors (Lipinski definition) is 1. The molecule has 1 N–H and O–H groups in total. The van der Waals surface area contributed by atoms with Crippen LogP contribution in [0, 0.1) is 0 Å². The Hall–Kier alpha value is -3.62. The minimum Gasteiger partial charge on any atom is -0.488 e. The molecule has 7 nitrogen and oxygen atoms in total. The van der Waals surface area contributed by atoms with Gasteiger partial charge in [0.25, 0.3) is 6.17 Å². The van der Waals surface area contributed by atoms with E-state index in [4.69, 9.17) is 21.4 Å². The molecule has 0 radical (unpaired) electrons. The Labute approximate surface area is 224 Å². The van der Waals surface area contributed by atoms with Gasteiger partial charge >= 0.3 is 11.3 Å². The van der Waals surface area contributed by atoms with E-state index in [-0.39, 0.29) is 11.5 Å². The van der Waals surface area contributed by atoms with Gasteiger partial charge in [0, 0.05) is 22.8 Å². The first-order valence-corrected chi connectivity index (χ1v) is 13.4. The molecule has 0 saturated heterocycles. The fourth-order valence-corrected chi connectivity index (χ4v) is 5.33. The predicted octanol–water partition coefficient (Wildman–Crippen LogP) is 5.37. The van der Waals surface area contributed by atoms with E-state index in [9.17, 15) is 9.59 Å². The van der Waals surface area contributed by atoms with E-state index in [1.165, 1.54) is 18.7 Å². The van der Waals surface area contributed by atoms with Gasteiger partial charge in [-0.05, 0) is 47.0 Å². The van der Waals surface area contributed by atoms with Crippen LogP contribution in [0.3, 0.4) is 0 Å². The monoisotopic (exact) mass is 533 g/mol. The molecular weight excluding hydrogens is 508 g/mol. The Morgan fingerprint density at radius 1 is 1.14 bits per heavy atom. The van der Waals surface area contributed by atoms with Crippen LogP contribution in [0.25, 0.3) is 11.3 Å². The predicted molar refractivity (Wildman–Crippen MR) is 145 cm³/mol. The first-order chi connectivity index (χ1) is 18.0. The SMILES string of the molecule is CCCSc1n[n+]2c(c(=O)[nH]1)-c1ccccc1N(C(C)=O)[C@@H]2c1cc(Cl)ccc1OCc1ccccc1. The van der Waals surface area contributed by atoms with Crippen LogP contribution in [0.4, 0.5) is 5.69 Å². The molecule has 1 amide bonds. The fourth-order valence-electron chi connectivity index (χ4n) is 4.45. The van der Waals surface area contributed by atoms with Crippen molar-refractivity contribution in [2.24, 2.45) is 0 Å². The number of halogens is 1. The Kier molecular flexibility index (Phi) is 7.30. The van der Waals surface area contributed by atoms with E-state index in [2.05, 4.69) is 11.9 Å². The lowest BCUT2D eigenvalue weighted by molar-refractivity contribution is -0.763. The maximum atomic E-state index is 13.4. The second kappa shape index (κ2) is 10.8. The number of nitrogens with zero attached hydrogens (tertiary/aromatic N) is 3. The van der Waals surface area contributed by atoms with Crippen molar-refractivity contribution < 1.29 is 14.2 Å². The first kappa shape index (κ1) is 25.0. The number of carbonyl (C=O) groups is 1. The van der Waals surface area contributed by atoms with E-state index in [0.29, 0.717) is 45.0 Å². The minimum absolute atomic E-state index is 0.200. The first-order valence-electron chi connectivity index (χ1n) is 12.0. The molecule has 0 aliphatic carbocycles. The van der Waals surface area contributed by atoms with Crippen molar-refractivity contribution in [3.63, 3.8) is 0 Å². The van der Waals surface area contributed by atoms with Gasteiger partial charge in [-0.25, -0.2) is 4.90 Å². The molecule has 1 aliphatic rings. The van der Waals surface area contributed by atoms with Crippen LogP contribution in [0.5, 0.6) is 5.75 Å². The maximum Gasteiger partial charge on any atom is 0.325 e. The van der Waals surface area contributed by atoms with Crippen LogP contribution >= 0.6 is 23.4 Å². The number of fused-ring (bicyclic) bond motifs is 3. The van der Waals surface area contributed by atoms with Gasteiger partial charge < -0.3 is 4.74 Å². The van der Waals surface area contributed by atoms with Crippen molar-refractivity contribution in [1.29, 1.82) is 0 Å². The number of H-pyrrole nitrogens is 1. The molecule has 37 heavy (non-hydrogen) atoms. The van der Waals surface area contributed by atoms with Crippen molar-refractivity contribution in [2.45, 2.75) is 38.2 Å². The number of aromatic amines is 1. The molecule has 3 aromatic carbocycles. The number of amides is 1. The number of carbonyl (C=O) groups excluding carboxylic acids is 1. The van der Waals surface area contributed by atoms with Gasteiger partial charge in [0.1, 0.15) is 12.4 Å². The van der Waals surface area contributed by atoms with E-state index < -0.39 is 6.17 Å². The Balaban J connectivity index is 1.72. The second-order valence-electron chi connectivity index (χ2n) is 8.64. The molecule has 4 aromatic rings. The third-order valence-corrected chi connectivity index (χ3v) is 7.33. The number of nitrogens with one attached hydrogen (secondary N) is 1. The quantitative estimate of drug-likeness (QED) is 0.255. The molecule has 1 aliphatic heterocycles. The van der Waals surface area contributed by atoms with E-state index in [0.717, 1.165) is 17.7 Å². The highest BCUT2D eigenvalue weighted by atomic mass is 35.5. The lowest BCUT2D eigenvalue weighted by atomic mass is 10.0. The van der Waals surface area contributed by atoms with Gasteiger partial charge in [-0.2, -0.15) is 0 Å². The van der Waals surface area contributed by atoms with Crippen molar-refractivity contribution in [3.8, 4) is 17.0 Å². The summed E-state index contributed by atoms with van der Waals surface area (Å²) in [7, 11) is 0. The zero-order valence-electron chi connectivity index (χ0n) is 20.5. The van der Waals surface area contributed by atoms with Crippen LogP contribution in [0.15, 0.2) is 82.7 Å². The highest BCUT2D eigenvalue weighted by Gasteiger charge is 2.46. The highest BCUT2D eigenvalue weighted by Crippen LogP contribution is 2.40. The molecule has 1 atom stereocenters. The summed E-state index contributed by atoms with van der Waals surface area (Å²) in [6, 6.07) is 22.5. The standard InChI is InChI=1S/C28H25ClN4O3S/c1-3-15-37-28-30-26(35)25-21-11-7-8-12-23(21)32(18(2)34)27(33(25)31-28)22-16-20(29)13-14-24(22)36-17-19-9-5-4-6-10-19/h4-14,16,27H,3,15,17H2,1-2H3/p+1/t27-/m0/s1. The summed E-state index contributed by atoms with van der Waals surface area (Å²) in [5.74, 6) is 1.14. The summed E-state index contributed by atoms with van der Waals surface area (Å²) < 4.78 is 7.89. The Morgan fingerprint density at radius 3 is 2.65 bits per heavy atom. The zero-order valence-corrected chi connectivity index (χ0v) is 22.1. The molecule has 1 aromatic heterocycles. The molecule has 9 heteroatoms.